The van der Waals surface area contributed by atoms with Crippen molar-refractivity contribution in [2.75, 3.05) is 5.32 Å². The van der Waals surface area contributed by atoms with Crippen LogP contribution in [0, 0.1) is 23.7 Å². The Bertz CT molecular complexity index is 918. The summed E-state index contributed by atoms with van der Waals surface area (Å²) in [7, 11) is 0. The highest BCUT2D eigenvalue weighted by molar-refractivity contribution is 6.04. The number of hydrogen-bond donors (Lipinski definition) is 4. The minimum absolute atomic E-state index is 0.00795. The lowest BCUT2D eigenvalue weighted by Gasteiger charge is -2.46. The van der Waals surface area contributed by atoms with Gasteiger partial charge in [-0.1, -0.05) is 46.8 Å². The van der Waals surface area contributed by atoms with E-state index in [2.05, 4.69) is 31.4 Å². The average Bonchev–Trinajstić information content (AvgIpc) is 2.77. The van der Waals surface area contributed by atoms with E-state index in [1.807, 2.05) is 32.9 Å². The first kappa shape index (κ1) is 27.3. The van der Waals surface area contributed by atoms with Crippen molar-refractivity contribution in [1.82, 2.24) is 5.32 Å². The first-order chi connectivity index (χ1) is 15.9. The van der Waals surface area contributed by atoms with Gasteiger partial charge in [0.25, 0.3) is 0 Å². The lowest BCUT2D eigenvalue weighted by Crippen LogP contribution is -2.64. The molecule has 1 aromatic carbocycles. The van der Waals surface area contributed by atoms with E-state index in [9.17, 15) is 29.4 Å². The van der Waals surface area contributed by atoms with E-state index in [0.29, 0.717) is 18.5 Å². The summed E-state index contributed by atoms with van der Waals surface area (Å²) < 4.78 is 0. The van der Waals surface area contributed by atoms with Crippen molar-refractivity contribution < 1.29 is 29.4 Å². The number of carboxylic acid groups (broad SMARTS) is 2. The number of benzene rings is 1. The number of carbonyl (C=O) groups is 4. The molecule has 2 amide bonds. The molecule has 1 aliphatic rings. The Morgan fingerprint density at radius 1 is 0.735 bits per heavy atom. The molecule has 8 nitrogen and oxygen atoms in total. The molecule has 4 atom stereocenters. The van der Waals surface area contributed by atoms with Crippen LogP contribution in [0.25, 0.3) is 0 Å². The molecular weight excluding hydrogens is 436 g/mol. The van der Waals surface area contributed by atoms with Crippen LogP contribution in [0.15, 0.2) is 24.3 Å². The molecule has 1 aromatic rings. The highest BCUT2D eigenvalue weighted by Gasteiger charge is 2.64. The van der Waals surface area contributed by atoms with Gasteiger partial charge < -0.3 is 20.8 Å². The van der Waals surface area contributed by atoms with Crippen LogP contribution in [-0.2, 0) is 24.6 Å². The number of carbonyl (C=O) groups excluding carboxylic acids is 2. The smallest absolute Gasteiger partial charge is 0.308 e. The number of carboxylic acids is 2. The molecule has 0 aromatic heterocycles. The molecular formula is C26H38N2O6. The number of amides is 2. The summed E-state index contributed by atoms with van der Waals surface area (Å²) in [5.74, 6) is -9.56. The summed E-state index contributed by atoms with van der Waals surface area (Å²) >= 11 is 0. The highest BCUT2D eigenvalue weighted by Crippen LogP contribution is 2.48. The van der Waals surface area contributed by atoms with E-state index in [1.54, 1.807) is 12.1 Å². The third-order valence-corrected chi connectivity index (χ3v) is 8.12. The third kappa shape index (κ3) is 5.26. The fourth-order valence-corrected chi connectivity index (χ4v) is 4.66. The first-order valence-electron chi connectivity index (χ1n) is 12.1. The largest absolute Gasteiger partial charge is 0.481 e. The Kier molecular flexibility index (Phi) is 8.50. The minimum atomic E-state index is -1.48. The first-order valence-corrected chi connectivity index (χ1v) is 12.1. The van der Waals surface area contributed by atoms with Gasteiger partial charge in [0, 0.05) is 11.2 Å². The Labute approximate surface area is 201 Å². The zero-order valence-electron chi connectivity index (χ0n) is 21.0. The van der Waals surface area contributed by atoms with Crippen molar-refractivity contribution in [3.63, 3.8) is 0 Å². The molecule has 0 radical (unpaired) electrons. The molecule has 0 heterocycles. The molecule has 1 saturated carbocycles. The maximum atomic E-state index is 13.1. The molecule has 2 rings (SSSR count). The number of nitrogens with one attached hydrogen (secondary N) is 2. The lowest BCUT2D eigenvalue weighted by atomic mass is 9.55. The third-order valence-electron chi connectivity index (χ3n) is 8.12. The van der Waals surface area contributed by atoms with Crippen molar-refractivity contribution in [1.29, 1.82) is 0 Å². The Balaban J connectivity index is 2.31. The zero-order chi connectivity index (χ0) is 25.8. The number of rotatable bonds is 11. The zero-order valence-corrected chi connectivity index (χ0v) is 21.0. The van der Waals surface area contributed by atoms with E-state index >= 15 is 0 Å². The lowest BCUT2D eigenvalue weighted by molar-refractivity contribution is -0.180. The van der Waals surface area contributed by atoms with Gasteiger partial charge in [-0.15, -0.1) is 0 Å². The van der Waals surface area contributed by atoms with Crippen LogP contribution in [0.1, 0.15) is 72.8 Å². The fraction of sp³-hybridized carbons (Fsp3) is 0.615. The Morgan fingerprint density at radius 2 is 1.18 bits per heavy atom. The average molecular weight is 475 g/mol. The van der Waals surface area contributed by atoms with Crippen molar-refractivity contribution in [2.24, 2.45) is 23.7 Å². The monoisotopic (exact) mass is 474 g/mol. The normalized spacial score (nSPS) is 22.4. The predicted octanol–water partition coefficient (Wildman–Crippen LogP) is 4.05. The summed E-state index contributed by atoms with van der Waals surface area (Å²) in [6.45, 7) is 12.0. The molecule has 0 saturated heterocycles. The molecule has 0 bridgehead atoms. The summed E-state index contributed by atoms with van der Waals surface area (Å²) in [6.07, 6.45) is 3.14. The van der Waals surface area contributed by atoms with E-state index in [1.165, 1.54) is 0 Å². The van der Waals surface area contributed by atoms with Gasteiger partial charge in [-0.25, -0.2) is 0 Å². The molecule has 4 unspecified atom stereocenters. The topological polar surface area (TPSA) is 133 Å². The van der Waals surface area contributed by atoms with Gasteiger partial charge in [-0.05, 0) is 55.7 Å². The minimum Gasteiger partial charge on any atom is -0.481 e. The van der Waals surface area contributed by atoms with Gasteiger partial charge in [0.2, 0.25) is 11.8 Å². The van der Waals surface area contributed by atoms with Gasteiger partial charge in [-0.2, -0.15) is 0 Å². The highest BCUT2D eigenvalue weighted by atomic mass is 16.4. The summed E-state index contributed by atoms with van der Waals surface area (Å²) in [5.41, 5.74) is 1.03. The second-order valence-corrected chi connectivity index (χ2v) is 9.87. The van der Waals surface area contributed by atoms with Gasteiger partial charge in [0.15, 0.2) is 0 Å². The number of hydrogen-bond acceptors (Lipinski definition) is 4. The van der Waals surface area contributed by atoms with E-state index in [0.717, 1.165) is 18.4 Å². The van der Waals surface area contributed by atoms with Crippen LogP contribution in [0.2, 0.25) is 0 Å². The quantitative estimate of drug-likeness (QED) is 0.382. The van der Waals surface area contributed by atoms with Crippen LogP contribution in [0.5, 0.6) is 0 Å². The van der Waals surface area contributed by atoms with Crippen molar-refractivity contribution in [3.05, 3.63) is 29.8 Å². The van der Waals surface area contributed by atoms with Crippen LogP contribution in [-0.4, -0.2) is 39.5 Å². The van der Waals surface area contributed by atoms with Crippen LogP contribution in [0.3, 0.4) is 0 Å². The second kappa shape index (κ2) is 10.6. The number of anilines is 1. The van der Waals surface area contributed by atoms with Crippen molar-refractivity contribution in [3.8, 4) is 0 Å². The SMILES string of the molecule is CCC(C)(CC)NC(=O)C1C(C(=O)O)C(C(=O)O)C1C(=O)Nc1ccc(C(C)(CC)CC)cc1. The molecule has 34 heavy (non-hydrogen) atoms. The van der Waals surface area contributed by atoms with Gasteiger partial charge >= 0.3 is 11.9 Å². The predicted molar refractivity (Wildman–Crippen MR) is 129 cm³/mol. The molecule has 0 spiro atoms. The molecule has 1 aliphatic carbocycles. The molecule has 8 heteroatoms. The maximum absolute atomic E-state index is 13.1. The Morgan fingerprint density at radius 3 is 1.56 bits per heavy atom. The van der Waals surface area contributed by atoms with Gasteiger partial charge in [0.1, 0.15) is 0 Å². The molecule has 0 aliphatic heterocycles. The standard InChI is InChI=1S/C26H38N2O6/c1-7-25(5,8-2)15-11-13-16(14-12-15)27-21(29)17-18(20(24(33)34)19(17)23(31)32)22(30)28-26(6,9-3)10-4/h11-14,17-20H,7-10H2,1-6H3,(H,27,29)(H,28,30)(H,31,32)(H,33,34). The van der Waals surface area contributed by atoms with Gasteiger partial charge in [0.05, 0.1) is 23.7 Å². The Hall–Kier alpha value is -2.90. The van der Waals surface area contributed by atoms with Crippen LogP contribution < -0.4 is 10.6 Å². The maximum Gasteiger partial charge on any atom is 0.308 e. The van der Waals surface area contributed by atoms with Crippen molar-refractivity contribution in [2.45, 2.75) is 78.2 Å². The molecule has 4 N–H and O–H groups in total. The summed E-state index contributed by atoms with van der Waals surface area (Å²) in [4.78, 5) is 50.0. The number of aliphatic carboxylic acids is 2. The van der Waals surface area contributed by atoms with E-state index in [-0.39, 0.29) is 5.41 Å². The summed E-state index contributed by atoms with van der Waals surface area (Å²) in [6, 6.07) is 7.35. The van der Waals surface area contributed by atoms with E-state index in [4.69, 9.17) is 0 Å². The molecule has 1 fully saturated rings. The van der Waals surface area contributed by atoms with Crippen LogP contribution >= 0.6 is 0 Å². The van der Waals surface area contributed by atoms with E-state index < -0.39 is 53.0 Å². The fourth-order valence-electron chi connectivity index (χ4n) is 4.66. The van der Waals surface area contributed by atoms with Gasteiger partial charge in [-0.3, -0.25) is 19.2 Å². The van der Waals surface area contributed by atoms with Crippen molar-refractivity contribution >= 4 is 29.4 Å². The second-order valence-electron chi connectivity index (χ2n) is 9.87. The van der Waals surface area contributed by atoms with Crippen LogP contribution in [0.4, 0.5) is 5.69 Å². The summed E-state index contributed by atoms with van der Waals surface area (Å²) in [5, 5.41) is 24.9. The molecule has 188 valence electrons.